The monoisotopic (exact) mass is 390 g/mol. The number of amides is 1. The Kier molecular flexibility index (Phi) is 5.50. The number of hydrogen-bond acceptors (Lipinski definition) is 3. The maximum atomic E-state index is 12.6. The van der Waals surface area contributed by atoms with Gasteiger partial charge in [0.2, 0.25) is 15.9 Å². The molecule has 2 unspecified atom stereocenters. The van der Waals surface area contributed by atoms with Crippen molar-refractivity contribution in [1.82, 2.24) is 9.62 Å². The van der Waals surface area contributed by atoms with E-state index in [4.69, 9.17) is 0 Å². The first kappa shape index (κ1) is 20.1. The van der Waals surface area contributed by atoms with Crippen LogP contribution in [0.1, 0.15) is 46.1 Å². The van der Waals surface area contributed by atoms with Crippen molar-refractivity contribution in [3.05, 3.63) is 41.5 Å². The Balaban J connectivity index is 1.59. The molecule has 1 aliphatic heterocycles. The number of carbonyl (C=O) groups excluding carboxylic acids is 1. The standard InChI is InChI=1S/C21H30N2O3S/c1-15(2)13-18-19(21(18,3)4)20(24)22-14-16-7-9-17(10-8-16)27(25,26)23-11-5-6-12-23/h7-10,13,18-19H,5-6,11-12,14H2,1-4H3,(H,22,24). The molecular formula is C21H30N2O3S. The predicted octanol–water partition coefficient (Wildman–Crippen LogP) is 3.33. The van der Waals surface area contributed by atoms with Gasteiger partial charge in [0.15, 0.2) is 0 Å². The number of allylic oxidation sites excluding steroid dienone is 2. The Morgan fingerprint density at radius 3 is 2.33 bits per heavy atom. The van der Waals surface area contributed by atoms with Crippen molar-refractivity contribution in [3.63, 3.8) is 0 Å². The maximum Gasteiger partial charge on any atom is 0.243 e. The fraction of sp³-hybridized carbons (Fsp3) is 0.571. The number of benzene rings is 1. The van der Waals surface area contributed by atoms with E-state index in [9.17, 15) is 13.2 Å². The summed E-state index contributed by atoms with van der Waals surface area (Å²) in [6.07, 6.45) is 4.03. The minimum atomic E-state index is -3.38. The Morgan fingerprint density at radius 2 is 1.78 bits per heavy atom. The third kappa shape index (κ3) is 4.11. The highest BCUT2D eigenvalue weighted by Crippen LogP contribution is 2.59. The van der Waals surface area contributed by atoms with Crippen LogP contribution in [-0.4, -0.2) is 31.7 Å². The number of rotatable bonds is 6. The molecule has 27 heavy (non-hydrogen) atoms. The minimum Gasteiger partial charge on any atom is -0.352 e. The van der Waals surface area contributed by atoms with E-state index in [-0.39, 0.29) is 23.2 Å². The summed E-state index contributed by atoms with van der Waals surface area (Å²) in [5.41, 5.74) is 2.13. The van der Waals surface area contributed by atoms with E-state index < -0.39 is 10.0 Å². The van der Waals surface area contributed by atoms with Crippen molar-refractivity contribution >= 4 is 15.9 Å². The molecule has 1 aromatic rings. The molecule has 1 amide bonds. The zero-order valence-corrected chi connectivity index (χ0v) is 17.5. The lowest BCUT2D eigenvalue weighted by Crippen LogP contribution is -2.28. The lowest BCUT2D eigenvalue weighted by atomic mass is 10.1. The zero-order valence-electron chi connectivity index (χ0n) is 16.7. The molecule has 2 aliphatic rings. The third-order valence-electron chi connectivity index (χ3n) is 5.80. The van der Waals surface area contributed by atoms with E-state index in [1.54, 1.807) is 28.6 Å². The van der Waals surface area contributed by atoms with Crippen LogP contribution in [0.4, 0.5) is 0 Å². The molecular weight excluding hydrogens is 360 g/mol. The number of carbonyl (C=O) groups is 1. The Labute approximate surface area is 162 Å². The molecule has 1 N–H and O–H groups in total. The van der Waals surface area contributed by atoms with Gasteiger partial charge in [-0.1, -0.05) is 37.6 Å². The summed E-state index contributed by atoms with van der Waals surface area (Å²) in [7, 11) is -3.38. The van der Waals surface area contributed by atoms with Gasteiger partial charge in [-0.3, -0.25) is 4.79 Å². The molecule has 2 atom stereocenters. The second-order valence-electron chi connectivity index (χ2n) is 8.54. The van der Waals surface area contributed by atoms with Crippen LogP contribution >= 0.6 is 0 Å². The van der Waals surface area contributed by atoms with Gasteiger partial charge >= 0.3 is 0 Å². The van der Waals surface area contributed by atoms with Gasteiger partial charge in [-0.15, -0.1) is 0 Å². The smallest absolute Gasteiger partial charge is 0.243 e. The normalized spacial score (nSPS) is 24.4. The lowest BCUT2D eigenvalue weighted by Gasteiger charge is -2.15. The van der Waals surface area contributed by atoms with Gasteiger partial charge in [-0.05, 0) is 55.7 Å². The summed E-state index contributed by atoms with van der Waals surface area (Å²) in [4.78, 5) is 12.9. The molecule has 6 heteroatoms. The van der Waals surface area contributed by atoms with Gasteiger partial charge in [-0.25, -0.2) is 8.42 Å². The zero-order chi connectivity index (χ0) is 19.8. The molecule has 0 aromatic heterocycles. The van der Waals surface area contributed by atoms with Gasteiger partial charge in [-0.2, -0.15) is 4.31 Å². The third-order valence-corrected chi connectivity index (χ3v) is 7.71. The Hall–Kier alpha value is -1.66. The van der Waals surface area contributed by atoms with Crippen LogP contribution in [0, 0.1) is 17.3 Å². The van der Waals surface area contributed by atoms with Crippen LogP contribution in [0.2, 0.25) is 0 Å². The summed E-state index contributed by atoms with van der Waals surface area (Å²) in [6.45, 7) is 9.98. The average molecular weight is 391 g/mol. The number of nitrogens with zero attached hydrogens (tertiary/aromatic N) is 1. The van der Waals surface area contributed by atoms with Crippen molar-refractivity contribution in [1.29, 1.82) is 0 Å². The highest BCUT2D eigenvalue weighted by molar-refractivity contribution is 7.89. The van der Waals surface area contributed by atoms with E-state index >= 15 is 0 Å². The van der Waals surface area contributed by atoms with Crippen molar-refractivity contribution in [2.24, 2.45) is 17.3 Å². The molecule has 148 valence electrons. The molecule has 1 heterocycles. The fourth-order valence-corrected chi connectivity index (χ4v) is 5.52. The van der Waals surface area contributed by atoms with Crippen molar-refractivity contribution in [2.75, 3.05) is 13.1 Å². The second-order valence-corrected chi connectivity index (χ2v) is 10.5. The van der Waals surface area contributed by atoms with Crippen LogP contribution < -0.4 is 5.32 Å². The second kappa shape index (κ2) is 7.40. The van der Waals surface area contributed by atoms with Crippen LogP contribution in [-0.2, 0) is 21.4 Å². The summed E-state index contributed by atoms with van der Waals surface area (Å²) in [5, 5.41) is 3.00. The summed E-state index contributed by atoms with van der Waals surface area (Å²) in [6, 6.07) is 6.86. The summed E-state index contributed by atoms with van der Waals surface area (Å²) in [5.74, 6) is 0.356. The SMILES string of the molecule is CC(C)=CC1C(C(=O)NCc2ccc(S(=O)(=O)N3CCCC3)cc2)C1(C)C. The largest absolute Gasteiger partial charge is 0.352 e. The van der Waals surface area contributed by atoms with Crippen LogP contribution in [0.5, 0.6) is 0 Å². The summed E-state index contributed by atoms with van der Waals surface area (Å²) >= 11 is 0. The molecule has 0 bridgehead atoms. The Morgan fingerprint density at radius 1 is 1.19 bits per heavy atom. The first-order valence-electron chi connectivity index (χ1n) is 9.66. The van der Waals surface area contributed by atoms with Gasteiger partial charge in [0.1, 0.15) is 0 Å². The molecule has 0 radical (unpaired) electrons. The first-order valence-corrected chi connectivity index (χ1v) is 11.1. The van der Waals surface area contributed by atoms with E-state index in [0.717, 1.165) is 18.4 Å². The predicted molar refractivity (Wildman–Crippen MR) is 106 cm³/mol. The molecule has 5 nitrogen and oxygen atoms in total. The molecule has 1 aromatic carbocycles. The maximum absolute atomic E-state index is 12.6. The van der Waals surface area contributed by atoms with E-state index in [0.29, 0.717) is 24.5 Å². The minimum absolute atomic E-state index is 0.00205. The lowest BCUT2D eigenvalue weighted by molar-refractivity contribution is -0.123. The fourth-order valence-electron chi connectivity index (χ4n) is 4.00. The van der Waals surface area contributed by atoms with Crippen LogP contribution in [0.3, 0.4) is 0 Å². The number of nitrogens with one attached hydrogen (secondary N) is 1. The van der Waals surface area contributed by atoms with Gasteiger partial charge in [0.25, 0.3) is 0 Å². The van der Waals surface area contributed by atoms with E-state index in [1.165, 1.54) is 5.57 Å². The van der Waals surface area contributed by atoms with Crippen molar-refractivity contribution < 1.29 is 13.2 Å². The summed E-state index contributed by atoms with van der Waals surface area (Å²) < 4.78 is 26.7. The van der Waals surface area contributed by atoms with Crippen molar-refractivity contribution in [2.45, 2.75) is 52.0 Å². The molecule has 2 fully saturated rings. The molecule has 1 saturated heterocycles. The van der Waals surface area contributed by atoms with E-state index in [2.05, 4.69) is 39.1 Å². The Bertz CT molecular complexity index is 831. The highest BCUT2D eigenvalue weighted by atomic mass is 32.2. The van der Waals surface area contributed by atoms with Crippen LogP contribution in [0.15, 0.2) is 40.8 Å². The molecule has 3 rings (SSSR count). The topological polar surface area (TPSA) is 66.5 Å². The van der Waals surface area contributed by atoms with Gasteiger partial charge in [0, 0.05) is 19.6 Å². The van der Waals surface area contributed by atoms with Gasteiger partial charge in [0.05, 0.1) is 10.8 Å². The van der Waals surface area contributed by atoms with Gasteiger partial charge < -0.3 is 5.32 Å². The number of hydrogen-bond donors (Lipinski definition) is 1. The molecule has 1 saturated carbocycles. The highest BCUT2D eigenvalue weighted by Gasteiger charge is 2.60. The number of sulfonamides is 1. The molecule has 1 aliphatic carbocycles. The van der Waals surface area contributed by atoms with E-state index in [1.807, 2.05) is 0 Å². The first-order chi connectivity index (χ1) is 12.6. The van der Waals surface area contributed by atoms with Crippen molar-refractivity contribution in [3.8, 4) is 0 Å². The average Bonchev–Trinajstić information content (AvgIpc) is 2.97. The van der Waals surface area contributed by atoms with Crippen LogP contribution in [0.25, 0.3) is 0 Å². The molecule has 0 spiro atoms. The quantitative estimate of drug-likeness (QED) is 0.758.